The van der Waals surface area contributed by atoms with Crippen molar-refractivity contribution in [3.05, 3.63) is 99.6 Å². The number of urea groups is 1. The lowest BCUT2D eigenvalue weighted by atomic mass is 10.2. The average molecular weight is 509 g/mol. The van der Waals surface area contributed by atoms with E-state index in [1.807, 2.05) is 18.2 Å². The molecular formula is C25H21ClN4O4S. The van der Waals surface area contributed by atoms with E-state index in [2.05, 4.69) is 15.6 Å². The maximum Gasteiger partial charge on any atom is 0.338 e. The first-order valence-corrected chi connectivity index (χ1v) is 12.0. The number of halogens is 1. The van der Waals surface area contributed by atoms with E-state index in [0.717, 1.165) is 4.90 Å². The minimum Gasteiger partial charge on any atom is -0.462 e. The fraction of sp³-hybridized carbons (Fsp3) is 0.120. The number of ether oxygens (including phenoxy) is 1. The predicted octanol–water partition coefficient (Wildman–Crippen LogP) is 5.46. The second-order valence-electron chi connectivity index (χ2n) is 7.32. The number of aromatic nitrogens is 2. The lowest BCUT2D eigenvalue weighted by Gasteiger charge is -2.12. The minimum atomic E-state index is -0.430. The molecule has 0 aliphatic carbocycles. The highest BCUT2D eigenvalue weighted by Crippen LogP contribution is 2.29. The standard InChI is InChI=1S/C25H21ClN4O4S/c1-2-34-24(32)16-7-10-18(11-8-16)28-25(33)29-20-5-3-4-6-21(20)35-15-19-13-23(31)30-14-17(26)9-12-22(30)27-19/h3-14H,2,15H2,1H3,(H2,28,29,33). The normalized spacial score (nSPS) is 10.7. The molecule has 0 saturated heterocycles. The molecule has 178 valence electrons. The van der Waals surface area contributed by atoms with Crippen LogP contribution in [0.4, 0.5) is 16.2 Å². The van der Waals surface area contributed by atoms with E-state index in [9.17, 15) is 14.4 Å². The molecule has 0 fully saturated rings. The van der Waals surface area contributed by atoms with E-state index in [-0.39, 0.29) is 5.56 Å². The van der Waals surface area contributed by atoms with Crippen molar-refractivity contribution in [2.45, 2.75) is 17.6 Å². The molecular weight excluding hydrogens is 488 g/mol. The topological polar surface area (TPSA) is 102 Å². The lowest BCUT2D eigenvalue weighted by molar-refractivity contribution is 0.0526. The van der Waals surface area contributed by atoms with Crippen LogP contribution in [0.3, 0.4) is 0 Å². The van der Waals surface area contributed by atoms with Crippen molar-refractivity contribution in [1.82, 2.24) is 9.38 Å². The van der Waals surface area contributed by atoms with Crippen LogP contribution >= 0.6 is 23.4 Å². The van der Waals surface area contributed by atoms with Gasteiger partial charge in [0.15, 0.2) is 0 Å². The second-order valence-corrected chi connectivity index (χ2v) is 8.78. The number of para-hydroxylation sites is 1. The number of nitrogens with zero attached hydrogens (tertiary/aromatic N) is 2. The molecule has 2 aromatic carbocycles. The molecule has 0 aliphatic heterocycles. The number of anilines is 2. The Balaban J connectivity index is 1.41. The van der Waals surface area contributed by atoms with Crippen molar-refractivity contribution in [3.63, 3.8) is 0 Å². The van der Waals surface area contributed by atoms with E-state index in [0.29, 0.717) is 45.7 Å². The molecule has 2 heterocycles. The van der Waals surface area contributed by atoms with Crippen LogP contribution < -0.4 is 16.2 Å². The third kappa shape index (κ3) is 6.20. The van der Waals surface area contributed by atoms with Crippen molar-refractivity contribution in [2.24, 2.45) is 0 Å². The highest BCUT2D eigenvalue weighted by atomic mass is 35.5. The summed E-state index contributed by atoms with van der Waals surface area (Å²) in [4.78, 5) is 42.1. The molecule has 2 amide bonds. The van der Waals surface area contributed by atoms with Gasteiger partial charge in [-0.15, -0.1) is 11.8 Å². The van der Waals surface area contributed by atoms with E-state index >= 15 is 0 Å². The van der Waals surface area contributed by atoms with Gasteiger partial charge in [-0.25, -0.2) is 14.6 Å². The van der Waals surface area contributed by atoms with Gasteiger partial charge in [0.2, 0.25) is 0 Å². The average Bonchev–Trinajstić information content (AvgIpc) is 2.84. The number of benzene rings is 2. The number of hydrogen-bond donors (Lipinski definition) is 2. The number of hydrogen-bond acceptors (Lipinski definition) is 6. The van der Waals surface area contributed by atoms with Gasteiger partial charge in [0.25, 0.3) is 5.56 Å². The molecule has 0 aliphatic rings. The third-order valence-electron chi connectivity index (χ3n) is 4.84. The predicted molar refractivity (Wildman–Crippen MR) is 138 cm³/mol. The summed E-state index contributed by atoms with van der Waals surface area (Å²) in [6, 6.07) is 18.2. The number of fused-ring (bicyclic) bond motifs is 1. The molecule has 0 bridgehead atoms. The van der Waals surface area contributed by atoms with E-state index in [4.69, 9.17) is 16.3 Å². The molecule has 4 aromatic rings. The number of rotatable bonds is 7. The van der Waals surface area contributed by atoms with Crippen LogP contribution in [0, 0.1) is 0 Å². The zero-order chi connectivity index (χ0) is 24.8. The summed E-state index contributed by atoms with van der Waals surface area (Å²) < 4.78 is 6.36. The Morgan fingerprint density at radius 1 is 1.06 bits per heavy atom. The summed E-state index contributed by atoms with van der Waals surface area (Å²) in [7, 11) is 0. The van der Waals surface area contributed by atoms with Crippen LogP contribution in [0.2, 0.25) is 5.02 Å². The molecule has 4 rings (SSSR count). The minimum absolute atomic E-state index is 0.215. The fourth-order valence-electron chi connectivity index (χ4n) is 3.24. The SMILES string of the molecule is CCOC(=O)c1ccc(NC(=O)Nc2ccccc2SCc2cc(=O)n3cc(Cl)ccc3n2)cc1. The first kappa shape index (κ1) is 24.3. The lowest BCUT2D eigenvalue weighted by Crippen LogP contribution is -2.20. The molecule has 0 spiro atoms. The zero-order valence-electron chi connectivity index (χ0n) is 18.7. The van der Waals surface area contributed by atoms with Gasteiger partial charge in [0, 0.05) is 28.6 Å². The Morgan fingerprint density at radius 3 is 2.60 bits per heavy atom. The quantitative estimate of drug-likeness (QED) is 0.254. The molecule has 0 atom stereocenters. The molecule has 10 heteroatoms. The van der Waals surface area contributed by atoms with Gasteiger partial charge in [0.1, 0.15) is 5.65 Å². The molecule has 8 nitrogen and oxygen atoms in total. The summed E-state index contributed by atoms with van der Waals surface area (Å²) >= 11 is 7.41. The number of carbonyl (C=O) groups excluding carboxylic acids is 2. The molecule has 0 saturated carbocycles. The van der Waals surface area contributed by atoms with Crippen molar-refractivity contribution in [1.29, 1.82) is 0 Å². The number of thioether (sulfide) groups is 1. The van der Waals surface area contributed by atoms with Crippen LogP contribution in [0.1, 0.15) is 23.0 Å². The second kappa shape index (κ2) is 11.1. The Hall–Kier alpha value is -3.82. The zero-order valence-corrected chi connectivity index (χ0v) is 20.2. The molecule has 0 unspecified atom stereocenters. The largest absolute Gasteiger partial charge is 0.462 e. The van der Waals surface area contributed by atoms with Crippen molar-refractivity contribution in [3.8, 4) is 0 Å². The third-order valence-corrected chi connectivity index (χ3v) is 6.17. The Kier molecular flexibility index (Phi) is 7.69. The van der Waals surface area contributed by atoms with E-state index in [1.54, 1.807) is 49.4 Å². The van der Waals surface area contributed by atoms with Crippen LogP contribution in [-0.2, 0) is 10.5 Å². The smallest absolute Gasteiger partial charge is 0.338 e. The molecule has 35 heavy (non-hydrogen) atoms. The van der Waals surface area contributed by atoms with E-state index in [1.165, 1.54) is 28.4 Å². The van der Waals surface area contributed by atoms with Crippen molar-refractivity contribution in [2.75, 3.05) is 17.2 Å². The maximum absolute atomic E-state index is 12.6. The van der Waals surface area contributed by atoms with Crippen LogP contribution in [0.25, 0.3) is 5.65 Å². The van der Waals surface area contributed by atoms with Crippen LogP contribution in [-0.4, -0.2) is 28.0 Å². The number of carbonyl (C=O) groups is 2. The highest BCUT2D eigenvalue weighted by molar-refractivity contribution is 7.98. The number of pyridine rings is 1. The number of nitrogens with one attached hydrogen (secondary N) is 2. The van der Waals surface area contributed by atoms with Gasteiger partial charge in [-0.1, -0.05) is 23.7 Å². The van der Waals surface area contributed by atoms with Crippen LogP contribution in [0.5, 0.6) is 0 Å². The summed E-state index contributed by atoms with van der Waals surface area (Å²) in [5.74, 6) is 0.0196. The Bertz CT molecular complexity index is 1440. The Labute approximate surface area is 210 Å². The highest BCUT2D eigenvalue weighted by Gasteiger charge is 2.11. The summed E-state index contributed by atoms with van der Waals surface area (Å²) in [5.41, 5.74) is 2.46. The fourth-order valence-corrected chi connectivity index (χ4v) is 4.30. The first-order chi connectivity index (χ1) is 16.9. The molecule has 0 radical (unpaired) electrons. The van der Waals surface area contributed by atoms with Crippen molar-refractivity contribution >= 4 is 52.4 Å². The molecule has 2 aromatic heterocycles. The Morgan fingerprint density at radius 2 is 1.83 bits per heavy atom. The van der Waals surface area contributed by atoms with E-state index < -0.39 is 12.0 Å². The summed E-state index contributed by atoms with van der Waals surface area (Å²) in [5, 5.41) is 6.04. The summed E-state index contributed by atoms with van der Waals surface area (Å²) in [6.07, 6.45) is 1.53. The number of amides is 2. The molecule has 2 N–H and O–H groups in total. The van der Waals surface area contributed by atoms with Gasteiger partial charge in [-0.3, -0.25) is 9.20 Å². The van der Waals surface area contributed by atoms with Gasteiger partial charge in [-0.05, 0) is 55.5 Å². The maximum atomic E-state index is 12.6. The van der Waals surface area contributed by atoms with Crippen molar-refractivity contribution < 1.29 is 14.3 Å². The monoisotopic (exact) mass is 508 g/mol. The van der Waals surface area contributed by atoms with Gasteiger partial charge in [-0.2, -0.15) is 0 Å². The summed E-state index contributed by atoms with van der Waals surface area (Å²) in [6.45, 7) is 2.03. The van der Waals surface area contributed by atoms with Gasteiger partial charge < -0.3 is 15.4 Å². The van der Waals surface area contributed by atoms with Crippen LogP contribution in [0.15, 0.2) is 82.6 Å². The number of esters is 1. The first-order valence-electron chi connectivity index (χ1n) is 10.7. The van der Waals surface area contributed by atoms with Gasteiger partial charge >= 0.3 is 12.0 Å². The van der Waals surface area contributed by atoms with Gasteiger partial charge in [0.05, 0.1) is 28.6 Å².